The van der Waals surface area contributed by atoms with Gasteiger partial charge < -0.3 is 20.7 Å². The van der Waals surface area contributed by atoms with E-state index in [1.807, 2.05) is 4.90 Å². The van der Waals surface area contributed by atoms with Gasteiger partial charge in [-0.15, -0.1) is 0 Å². The second kappa shape index (κ2) is 4.81. The molecule has 1 atom stereocenters. The Morgan fingerprint density at radius 1 is 1.53 bits per heavy atom. The molecule has 3 N–H and O–H groups in total. The molecule has 0 aromatic carbocycles. The van der Waals surface area contributed by atoms with Crippen LogP contribution in [0.4, 0.5) is 4.79 Å². The Kier molecular flexibility index (Phi) is 3.43. The molecule has 1 aliphatic carbocycles. The number of morpholine rings is 1. The van der Waals surface area contributed by atoms with E-state index in [0.29, 0.717) is 32.3 Å². The molecule has 5 nitrogen and oxygen atoms in total. The van der Waals surface area contributed by atoms with Crippen LogP contribution in [0.2, 0.25) is 0 Å². The van der Waals surface area contributed by atoms with Crippen molar-refractivity contribution in [3.05, 3.63) is 0 Å². The van der Waals surface area contributed by atoms with Crippen molar-refractivity contribution in [3.63, 3.8) is 0 Å². The first-order valence-electron chi connectivity index (χ1n) is 5.66. The molecule has 1 saturated heterocycles. The van der Waals surface area contributed by atoms with E-state index >= 15 is 0 Å². The number of amides is 2. The summed E-state index contributed by atoms with van der Waals surface area (Å²) in [6.07, 6.45) is 3.46. The lowest BCUT2D eigenvalue weighted by Gasteiger charge is -2.37. The Morgan fingerprint density at radius 2 is 2.33 bits per heavy atom. The van der Waals surface area contributed by atoms with E-state index in [9.17, 15) is 4.79 Å². The molecular weight excluding hydrogens is 194 g/mol. The fourth-order valence-corrected chi connectivity index (χ4v) is 1.93. The maximum Gasteiger partial charge on any atom is 0.318 e. The van der Waals surface area contributed by atoms with Crippen LogP contribution in [-0.2, 0) is 4.74 Å². The van der Waals surface area contributed by atoms with E-state index in [1.54, 1.807) is 0 Å². The first-order chi connectivity index (χ1) is 7.31. The number of hydrogen-bond acceptors (Lipinski definition) is 3. The fraction of sp³-hybridized carbons (Fsp3) is 0.900. The minimum atomic E-state index is 0.0263. The van der Waals surface area contributed by atoms with Crippen LogP contribution in [-0.4, -0.2) is 49.3 Å². The number of urea groups is 1. The Morgan fingerprint density at radius 3 is 2.93 bits per heavy atom. The molecule has 5 heteroatoms. The van der Waals surface area contributed by atoms with Crippen LogP contribution in [0.5, 0.6) is 0 Å². The van der Waals surface area contributed by atoms with Gasteiger partial charge in [-0.1, -0.05) is 0 Å². The topological polar surface area (TPSA) is 67.6 Å². The standard InChI is InChI=1S/C10H19N3O2/c11-6-9-7-15-5-4-13(9)10(14)12-8-2-1-3-8/h8-9H,1-7,11H2,(H,12,14). The quantitative estimate of drug-likeness (QED) is 0.673. The van der Waals surface area contributed by atoms with Gasteiger partial charge in [0.25, 0.3) is 0 Å². The summed E-state index contributed by atoms with van der Waals surface area (Å²) in [4.78, 5) is 13.7. The highest BCUT2D eigenvalue weighted by Crippen LogP contribution is 2.18. The zero-order valence-corrected chi connectivity index (χ0v) is 8.95. The van der Waals surface area contributed by atoms with E-state index < -0.39 is 0 Å². The van der Waals surface area contributed by atoms with Gasteiger partial charge in [-0.3, -0.25) is 0 Å². The Labute approximate surface area is 89.9 Å². The molecule has 86 valence electrons. The number of nitrogens with one attached hydrogen (secondary N) is 1. The summed E-state index contributed by atoms with van der Waals surface area (Å²) in [6, 6.07) is 0.455. The number of nitrogens with zero attached hydrogens (tertiary/aromatic N) is 1. The number of rotatable bonds is 2. The lowest BCUT2D eigenvalue weighted by atomic mass is 9.93. The minimum Gasteiger partial charge on any atom is -0.377 e. The second-order valence-electron chi connectivity index (χ2n) is 4.24. The van der Waals surface area contributed by atoms with Gasteiger partial charge in [-0.25, -0.2) is 4.79 Å². The van der Waals surface area contributed by atoms with Crippen LogP contribution >= 0.6 is 0 Å². The summed E-state index contributed by atoms with van der Waals surface area (Å²) < 4.78 is 5.30. The van der Waals surface area contributed by atoms with Gasteiger partial charge >= 0.3 is 6.03 Å². The molecule has 1 aliphatic heterocycles. The van der Waals surface area contributed by atoms with Crippen molar-refractivity contribution >= 4 is 6.03 Å². The van der Waals surface area contributed by atoms with Gasteiger partial charge in [0.05, 0.1) is 19.3 Å². The predicted octanol–water partition coefficient (Wildman–Crippen LogP) is -0.0920. The molecule has 1 unspecified atom stereocenters. The average molecular weight is 213 g/mol. The summed E-state index contributed by atoms with van der Waals surface area (Å²) in [6.45, 7) is 2.31. The summed E-state index contributed by atoms with van der Waals surface area (Å²) in [5.74, 6) is 0. The van der Waals surface area contributed by atoms with Crippen LogP contribution in [0.15, 0.2) is 0 Å². The normalized spacial score (nSPS) is 27.3. The lowest BCUT2D eigenvalue weighted by Crippen LogP contribution is -2.57. The molecule has 0 spiro atoms. The van der Waals surface area contributed by atoms with Crippen molar-refractivity contribution in [1.82, 2.24) is 10.2 Å². The Balaban J connectivity index is 1.85. The van der Waals surface area contributed by atoms with Crippen molar-refractivity contribution in [3.8, 4) is 0 Å². The first-order valence-corrected chi connectivity index (χ1v) is 5.66. The number of carbonyl (C=O) groups is 1. The Hall–Kier alpha value is -0.810. The van der Waals surface area contributed by atoms with E-state index in [0.717, 1.165) is 12.8 Å². The predicted molar refractivity (Wildman–Crippen MR) is 56.5 cm³/mol. The number of carbonyl (C=O) groups excluding carboxylic acids is 1. The van der Waals surface area contributed by atoms with Gasteiger partial charge in [-0.05, 0) is 19.3 Å². The highest BCUT2D eigenvalue weighted by Gasteiger charge is 2.28. The fourth-order valence-electron chi connectivity index (χ4n) is 1.93. The summed E-state index contributed by atoms with van der Waals surface area (Å²) in [5.41, 5.74) is 5.61. The van der Waals surface area contributed by atoms with E-state index in [4.69, 9.17) is 10.5 Å². The highest BCUT2D eigenvalue weighted by molar-refractivity contribution is 5.75. The number of ether oxygens (including phenoxy) is 1. The molecule has 2 amide bonds. The van der Waals surface area contributed by atoms with E-state index in [2.05, 4.69) is 5.32 Å². The molecule has 0 bridgehead atoms. The smallest absolute Gasteiger partial charge is 0.318 e. The molecular formula is C10H19N3O2. The third-order valence-corrected chi connectivity index (χ3v) is 3.19. The van der Waals surface area contributed by atoms with Gasteiger partial charge in [-0.2, -0.15) is 0 Å². The molecule has 0 radical (unpaired) electrons. The average Bonchev–Trinajstić information content (AvgIpc) is 2.23. The maximum absolute atomic E-state index is 11.9. The SMILES string of the molecule is NCC1COCCN1C(=O)NC1CCC1. The van der Waals surface area contributed by atoms with Crippen molar-refractivity contribution in [2.45, 2.75) is 31.3 Å². The van der Waals surface area contributed by atoms with Crippen molar-refractivity contribution in [1.29, 1.82) is 0 Å². The lowest BCUT2D eigenvalue weighted by molar-refractivity contribution is 0.0144. The second-order valence-corrected chi connectivity index (χ2v) is 4.24. The molecule has 0 aromatic rings. The molecule has 15 heavy (non-hydrogen) atoms. The number of nitrogens with two attached hydrogens (primary N) is 1. The van der Waals surface area contributed by atoms with Gasteiger partial charge in [0, 0.05) is 19.1 Å². The molecule has 1 heterocycles. The van der Waals surface area contributed by atoms with Crippen molar-refractivity contribution < 1.29 is 9.53 Å². The van der Waals surface area contributed by atoms with Gasteiger partial charge in [0.1, 0.15) is 0 Å². The van der Waals surface area contributed by atoms with Crippen LogP contribution in [0.25, 0.3) is 0 Å². The van der Waals surface area contributed by atoms with Crippen LogP contribution < -0.4 is 11.1 Å². The molecule has 1 saturated carbocycles. The van der Waals surface area contributed by atoms with Crippen LogP contribution in [0.1, 0.15) is 19.3 Å². The first kappa shape index (κ1) is 10.7. The van der Waals surface area contributed by atoms with Crippen molar-refractivity contribution in [2.75, 3.05) is 26.3 Å². The third-order valence-electron chi connectivity index (χ3n) is 3.19. The van der Waals surface area contributed by atoms with E-state index in [1.165, 1.54) is 6.42 Å². The molecule has 0 aromatic heterocycles. The highest BCUT2D eigenvalue weighted by atomic mass is 16.5. The van der Waals surface area contributed by atoms with Crippen molar-refractivity contribution in [2.24, 2.45) is 5.73 Å². The van der Waals surface area contributed by atoms with Crippen LogP contribution in [0, 0.1) is 0 Å². The zero-order chi connectivity index (χ0) is 10.7. The third kappa shape index (κ3) is 2.41. The minimum absolute atomic E-state index is 0.0263. The maximum atomic E-state index is 11.9. The largest absolute Gasteiger partial charge is 0.377 e. The molecule has 2 aliphatic rings. The molecule has 2 fully saturated rings. The Bertz CT molecular complexity index is 231. The summed E-state index contributed by atoms with van der Waals surface area (Å²) >= 11 is 0. The zero-order valence-electron chi connectivity index (χ0n) is 8.95. The summed E-state index contributed by atoms with van der Waals surface area (Å²) in [5, 5.41) is 3.03. The van der Waals surface area contributed by atoms with Crippen LogP contribution in [0.3, 0.4) is 0 Å². The molecule has 2 rings (SSSR count). The number of hydrogen-bond donors (Lipinski definition) is 2. The van der Waals surface area contributed by atoms with Gasteiger partial charge in [0.2, 0.25) is 0 Å². The monoisotopic (exact) mass is 213 g/mol. The van der Waals surface area contributed by atoms with Gasteiger partial charge in [0.15, 0.2) is 0 Å². The van der Waals surface area contributed by atoms with E-state index in [-0.39, 0.29) is 12.1 Å². The summed E-state index contributed by atoms with van der Waals surface area (Å²) in [7, 11) is 0.